The molecule has 1 unspecified atom stereocenters. The van der Waals surface area contributed by atoms with Crippen molar-refractivity contribution in [2.45, 2.75) is 53.6 Å². The van der Waals surface area contributed by atoms with E-state index in [2.05, 4.69) is 58.2 Å². The predicted octanol–water partition coefficient (Wildman–Crippen LogP) is 2.81. The zero-order chi connectivity index (χ0) is 13.0. The maximum atomic E-state index is 4.41. The van der Waals surface area contributed by atoms with Gasteiger partial charge in [-0.15, -0.1) is 0 Å². The molecule has 0 bridgehead atoms. The Kier molecular flexibility index (Phi) is 2.66. The molecule has 1 aliphatic carbocycles. The summed E-state index contributed by atoms with van der Waals surface area (Å²) in [6.07, 6.45) is 2.12. The molecule has 1 atom stereocenters. The van der Waals surface area contributed by atoms with Gasteiger partial charge in [-0.3, -0.25) is 4.68 Å². The molecular weight excluding hydrogens is 210 g/mol. The van der Waals surface area contributed by atoms with Gasteiger partial charge in [-0.05, 0) is 24.7 Å². The van der Waals surface area contributed by atoms with Crippen molar-refractivity contribution in [1.29, 1.82) is 0 Å². The van der Waals surface area contributed by atoms with Crippen LogP contribution in [0.5, 0.6) is 0 Å². The van der Waals surface area contributed by atoms with Crippen LogP contribution in [0.15, 0.2) is 6.20 Å². The maximum absolute atomic E-state index is 4.41. The minimum absolute atomic E-state index is 0.370. The van der Waals surface area contributed by atoms with E-state index in [0.29, 0.717) is 22.9 Å². The number of nitrogens with zero attached hydrogens (tertiary/aromatic N) is 2. The Bertz CT molecular complexity index is 415. The van der Waals surface area contributed by atoms with E-state index in [0.717, 1.165) is 5.69 Å². The Hall–Kier alpha value is -0.830. The Morgan fingerprint density at radius 3 is 2.18 bits per heavy atom. The summed E-state index contributed by atoms with van der Waals surface area (Å²) < 4.78 is 1.89. The molecule has 17 heavy (non-hydrogen) atoms. The van der Waals surface area contributed by atoms with Gasteiger partial charge in [0.05, 0.1) is 5.69 Å². The van der Waals surface area contributed by atoms with E-state index < -0.39 is 0 Å². The van der Waals surface area contributed by atoms with Gasteiger partial charge in [-0.2, -0.15) is 5.10 Å². The molecule has 0 spiro atoms. The normalized spacial score (nSPS) is 23.7. The van der Waals surface area contributed by atoms with Gasteiger partial charge < -0.3 is 5.32 Å². The van der Waals surface area contributed by atoms with Gasteiger partial charge in [0, 0.05) is 30.9 Å². The molecule has 1 aromatic heterocycles. The fourth-order valence-electron chi connectivity index (χ4n) is 3.00. The number of aromatic nitrogens is 2. The highest BCUT2D eigenvalue weighted by Crippen LogP contribution is 2.63. The molecule has 0 saturated heterocycles. The zero-order valence-electron chi connectivity index (χ0n) is 12.1. The highest BCUT2D eigenvalue weighted by Gasteiger charge is 2.64. The van der Waals surface area contributed by atoms with E-state index in [-0.39, 0.29) is 0 Å². The van der Waals surface area contributed by atoms with Crippen LogP contribution in [0, 0.1) is 17.8 Å². The van der Waals surface area contributed by atoms with Gasteiger partial charge in [-0.1, -0.05) is 27.7 Å². The number of hydrogen-bond donors (Lipinski definition) is 1. The third-order valence-corrected chi connectivity index (χ3v) is 4.96. The van der Waals surface area contributed by atoms with Gasteiger partial charge in [-0.25, -0.2) is 0 Å². The van der Waals surface area contributed by atoms with Gasteiger partial charge in [0.2, 0.25) is 0 Å². The predicted molar refractivity (Wildman–Crippen MR) is 70.8 cm³/mol. The molecule has 0 radical (unpaired) electrons. The second kappa shape index (κ2) is 3.58. The largest absolute Gasteiger partial charge is 0.306 e. The van der Waals surface area contributed by atoms with Gasteiger partial charge in [0.25, 0.3) is 0 Å². The average Bonchev–Trinajstić information content (AvgIpc) is 2.50. The van der Waals surface area contributed by atoms with Crippen LogP contribution in [0.4, 0.5) is 0 Å². The third kappa shape index (κ3) is 1.81. The average molecular weight is 235 g/mol. The number of rotatable bonds is 3. The lowest BCUT2D eigenvalue weighted by Crippen LogP contribution is -2.26. The lowest BCUT2D eigenvalue weighted by molar-refractivity contribution is 0.457. The first kappa shape index (κ1) is 12.6. The van der Waals surface area contributed by atoms with Crippen molar-refractivity contribution in [3.8, 4) is 0 Å². The van der Waals surface area contributed by atoms with Gasteiger partial charge >= 0.3 is 0 Å². The second-order valence-electron chi connectivity index (χ2n) is 6.61. The van der Waals surface area contributed by atoms with Crippen LogP contribution in [0.1, 0.15) is 51.9 Å². The van der Waals surface area contributed by atoms with E-state index in [9.17, 15) is 0 Å². The number of hydrogen-bond acceptors (Lipinski definition) is 2. The highest BCUT2D eigenvalue weighted by atomic mass is 15.3. The SMILES string of the molecule is Cc1nn(C)cc1C(C)NC1C(C)(C)C1(C)C. The van der Waals surface area contributed by atoms with Crippen molar-refractivity contribution in [3.63, 3.8) is 0 Å². The Morgan fingerprint density at radius 1 is 1.29 bits per heavy atom. The maximum Gasteiger partial charge on any atom is 0.0641 e. The molecule has 0 amide bonds. The molecule has 1 aromatic rings. The van der Waals surface area contributed by atoms with Gasteiger partial charge in [0.15, 0.2) is 0 Å². The molecule has 1 saturated carbocycles. The Labute approximate surface area is 105 Å². The standard InChI is InChI=1S/C14H25N3/c1-9(11-8-17(7)16-10(11)2)15-12-13(3,4)14(12,5)6/h8-9,12,15H,1-7H3. The van der Waals surface area contributed by atoms with Crippen molar-refractivity contribution in [1.82, 2.24) is 15.1 Å². The van der Waals surface area contributed by atoms with Crippen molar-refractivity contribution < 1.29 is 0 Å². The smallest absolute Gasteiger partial charge is 0.0641 e. The summed E-state index contributed by atoms with van der Waals surface area (Å²) in [5, 5.41) is 8.16. The number of aryl methyl sites for hydroxylation is 2. The van der Waals surface area contributed by atoms with Crippen molar-refractivity contribution in [2.24, 2.45) is 17.9 Å². The molecule has 0 aromatic carbocycles. The summed E-state index contributed by atoms with van der Waals surface area (Å²) in [5.41, 5.74) is 3.21. The lowest BCUT2D eigenvalue weighted by atomic mass is 10.0. The summed E-state index contributed by atoms with van der Waals surface area (Å²) in [6.45, 7) is 13.7. The first-order chi connectivity index (χ1) is 7.68. The molecule has 1 aliphatic rings. The minimum Gasteiger partial charge on any atom is -0.306 e. The van der Waals surface area contributed by atoms with E-state index in [1.54, 1.807) is 0 Å². The van der Waals surface area contributed by atoms with E-state index in [1.165, 1.54) is 5.56 Å². The molecular formula is C14H25N3. The van der Waals surface area contributed by atoms with Crippen LogP contribution in [0.2, 0.25) is 0 Å². The van der Waals surface area contributed by atoms with Crippen molar-refractivity contribution in [3.05, 3.63) is 17.5 Å². The fraction of sp³-hybridized carbons (Fsp3) is 0.786. The number of nitrogens with one attached hydrogen (secondary N) is 1. The first-order valence-electron chi connectivity index (χ1n) is 6.44. The first-order valence-corrected chi connectivity index (χ1v) is 6.44. The van der Waals surface area contributed by atoms with Crippen LogP contribution in [-0.2, 0) is 7.05 Å². The molecule has 0 aliphatic heterocycles. The Morgan fingerprint density at radius 2 is 1.82 bits per heavy atom. The topological polar surface area (TPSA) is 29.9 Å². The summed E-state index contributed by atoms with van der Waals surface area (Å²) in [7, 11) is 1.98. The van der Waals surface area contributed by atoms with Crippen molar-refractivity contribution in [2.75, 3.05) is 0 Å². The van der Waals surface area contributed by atoms with Gasteiger partial charge in [0.1, 0.15) is 0 Å². The molecule has 3 nitrogen and oxygen atoms in total. The summed E-state index contributed by atoms with van der Waals surface area (Å²) in [5.74, 6) is 0. The second-order valence-corrected chi connectivity index (χ2v) is 6.61. The third-order valence-electron chi connectivity index (χ3n) is 4.96. The van der Waals surface area contributed by atoms with Crippen LogP contribution in [0.25, 0.3) is 0 Å². The molecule has 2 rings (SSSR count). The summed E-state index contributed by atoms with van der Waals surface area (Å²) >= 11 is 0. The quantitative estimate of drug-likeness (QED) is 0.873. The minimum atomic E-state index is 0.370. The fourth-order valence-corrected chi connectivity index (χ4v) is 3.00. The molecule has 1 heterocycles. The monoisotopic (exact) mass is 235 g/mol. The zero-order valence-corrected chi connectivity index (χ0v) is 12.1. The Balaban J connectivity index is 2.09. The molecule has 96 valence electrons. The molecule has 1 N–H and O–H groups in total. The van der Waals surface area contributed by atoms with Crippen molar-refractivity contribution >= 4 is 0 Å². The van der Waals surface area contributed by atoms with E-state index in [4.69, 9.17) is 0 Å². The van der Waals surface area contributed by atoms with Crippen LogP contribution in [0.3, 0.4) is 0 Å². The van der Waals surface area contributed by atoms with E-state index in [1.807, 2.05) is 11.7 Å². The van der Waals surface area contributed by atoms with Crippen LogP contribution < -0.4 is 5.32 Å². The van der Waals surface area contributed by atoms with Crippen LogP contribution in [-0.4, -0.2) is 15.8 Å². The van der Waals surface area contributed by atoms with Crippen LogP contribution >= 0.6 is 0 Å². The highest BCUT2D eigenvalue weighted by molar-refractivity contribution is 5.23. The van der Waals surface area contributed by atoms with E-state index >= 15 is 0 Å². The lowest BCUT2D eigenvalue weighted by Gasteiger charge is -2.14. The molecule has 1 fully saturated rings. The molecule has 3 heteroatoms. The summed E-state index contributed by atoms with van der Waals surface area (Å²) in [4.78, 5) is 0. The summed E-state index contributed by atoms with van der Waals surface area (Å²) in [6, 6.07) is 0.958.